The first kappa shape index (κ1) is 53.5. The minimum absolute atomic E-state index is 0.699. The number of benzene rings is 2. The first-order valence-corrected chi connectivity index (χ1v) is 24.3. The number of aromatic nitrogens is 28. The van der Waals surface area contributed by atoms with Crippen molar-refractivity contribution in [3.05, 3.63) is 171 Å². The van der Waals surface area contributed by atoms with Crippen LogP contribution in [0.25, 0.3) is 88.4 Å². The van der Waals surface area contributed by atoms with Gasteiger partial charge in [-0.25, -0.2) is 38.4 Å². The van der Waals surface area contributed by atoms with Gasteiger partial charge in [-0.15, -0.1) is 25.5 Å². The Bertz CT molecular complexity index is 3770. The SMILES string of the molecule is Cn1nc2ccncc2n1.Cn1ncc2ccccc21.Cn1ncc2cccnc21.Cn1nnc2ccccc21.Cn1nnc2cccnc21.Cn1nnc2ccncc21.Cn1nnc2cnccc21.Cn1nnc2ncccc21. The molecule has 16 rings (SSSR count). The Kier molecular flexibility index (Phi) is 17.0. The molecular formula is C52H52N28. The van der Waals surface area contributed by atoms with Gasteiger partial charge < -0.3 is 0 Å². The summed E-state index contributed by atoms with van der Waals surface area (Å²) in [5.41, 5.74) is 12.9. The van der Waals surface area contributed by atoms with E-state index in [1.807, 2.05) is 157 Å². The fourth-order valence-electron chi connectivity index (χ4n) is 7.47. The van der Waals surface area contributed by atoms with Crippen LogP contribution >= 0.6 is 0 Å². The average Bonchev–Trinajstić information content (AvgIpc) is 4.42. The Labute approximate surface area is 454 Å². The first-order valence-electron chi connectivity index (χ1n) is 24.3. The normalized spacial score (nSPS) is 10.5. The second-order valence-electron chi connectivity index (χ2n) is 17.0. The highest BCUT2D eigenvalue weighted by Gasteiger charge is 2.02. The number of aryl methyl sites for hydroxylation is 8. The van der Waals surface area contributed by atoms with Gasteiger partial charge in [-0.05, 0) is 72.8 Å². The van der Waals surface area contributed by atoms with E-state index in [4.69, 9.17) is 0 Å². The van der Waals surface area contributed by atoms with Gasteiger partial charge in [0.1, 0.15) is 44.1 Å². The summed E-state index contributed by atoms with van der Waals surface area (Å²) in [5.74, 6) is 0. The molecule has 28 nitrogen and oxygen atoms in total. The van der Waals surface area contributed by atoms with Crippen molar-refractivity contribution in [3.63, 3.8) is 0 Å². The zero-order valence-corrected chi connectivity index (χ0v) is 44.7. The first-order chi connectivity index (χ1) is 39.0. The number of hydrogen-bond donors (Lipinski definition) is 0. The highest BCUT2D eigenvalue weighted by Crippen LogP contribution is 2.12. The second-order valence-corrected chi connectivity index (χ2v) is 17.0. The third-order valence-electron chi connectivity index (χ3n) is 11.5. The molecule has 28 heteroatoms. The van der Waals surface area contributed by atoms with E-state index in [9.17, 15) is 0 Å². The lowest BCUT2D eigenvalue weighted by atomic mass is 10.3. The fraction of sp³-hybridized carbons (Fsp3) is 0.154. The molecule has 0 unspecified atom stereocenters. The zero-order valence-electron chi connectivity index (χ0n) is 44.7. The second kappa shape index (κ2) is 25.5. The van der Waals surface area contributed by atoms with Crippen LogP contribution in [-0.2, 0) is 56.4 Å². The number of nitrogens with zero attached hydrogens (tertiary/aromatic N) is 28. The van der Waals surface area contributed by atoms with Gasteiger partial charge in [-0.3, -0.25) is 24.3 Å². The predicted molar refractivity (Wildman–Crippen MR) is 299 cm³/mol. The largest absolute Gasteiger partial charge is 0.268 e. The standard InChI is InChI=1S/C8H8N2.2C7H7N3.5C6H6N4/c1-10-8-5-3-2-4-7(8)6-9-10;1-10-7-6(5-9-10)3-2-4-8-7;1-10-7-5-3-2-4-6(7)8-9-10;1-10-6-2-3-7-4-5(6)8-9-10;1-10-6-4-7-3-2-5(6)8-9-10;1-10-8-5-2-3-7-4-6(5)9-10;1-10-5-3-2-4-7-6(5)8-9-10;1-10-6-5(8-9-10)3-2-4-7-6/h2-6H,1H3;2*2-5H,1H3;5*2-4H,1H3. The molecule has 0 aliphatic rings. The topological polar surface area (TPSA) is 297 Å². The van der Waals surface area contributed by atoms with Crippen LogP contribution in [-0.4, -0.2) is 139 Å². The minimum atomic E-state index is 0.699. The summed E-state index contributed by atoms with van der Waals surface area (Å²) in [6.07, 6.45) is 19.2. The van der Waals surface area contributed by atoms with Crippen molar-refractivity contribution in [2.45, 2.75) is 0 Å². The van der Waals surface area contributed by atoms with Crippen molar-refractivity contribution in [2.24, 2.45) is 56.4 Å². The van der Waals surface area contributed by atoms with Crippen molar-refractivity contribution in [1.82, 2.24) is 139 Å². The predicted octanol–water partition coefficient (Wildman–Crippen LogP) is 5.33. The molecule has 14 aromatic heterocycles. The number of pyridine rings is 6. The lowest BCUT2D eigenvalue weighted by molar-refractivity contribution is 0.665. The lowest BCUT2D eigenvalue weighted by Gasteiger charge is -1.90. The summed E-state index contributed by atoms with van der Waals surface area (Å²) < 4.78 is 12.1. The summed E-state index contributed by atoms with van der Waals surface area (Å²) in [6.45, 7) is 0. The van der Waals surface area contributed by atoms with Gasteiger partial charge in [-0.2, -0.15) is 25.2 Å². The third kappa shape index (κ3) is 13.2. The average molecular weight is 1070 g/mol. The molecular weight excluding hydrogens is 1020 g/mol. The van der Waals surface area contributed by atoms with Crippen LogP contribution in [0.2, 0.25) is 0 Å². The van der Waals surface area contributed by atoms with Gasteiger partial charge in [0.05, 0.1) is 47.5 Å². The maximum absolute atomic E-state index is 4.14. The van der Waals surface area contributed by atoms with Crippen LogP contribution in [0.4, 0.5) is 0 Å². The summed E-state index contributed by atoms with van der Waals surface area (Å²) >= 11 is 0. The molecule has 0 spiro atoms. The monoisotopic (exact) mass is 1070 g/mol. The quantitative estimate of drug-likeness (QED) is 0.185. The lowest BCUT2D eigenvalue weighted by Crippen LogP contribution is -1.90. The smallest absolute Gasteiger partial charge is 0.201 e. The van der Waals surface area contributed by atoms with E-state index >= 15 is 0 Å². The van der Waals surface area contributed by atoms with Gasteiger partial charge in [0, 0.05) is 104 Å². The van der Waals surface area contributed by atoms with E-state index in [1.165, 1.54) is 15.7 Å². The third-order valence-corrected chi connectivity index (χ3v) is 11.5. The van der Waals surface area contributed by atoms with E-state index < -0.39 is 0 Å². The van der Waals surface area contributed by atoms with Gasteiger partial charge in [-0.1, -0.05) is 56.4 Å². The molecule has 0 aliphatic heterocycles. The summed E-state index contributed by atoms with van der Waals surface area (Å²) in [7, 11) is 14.9. The summed E-state index contributed by atoms with van der Waals surface area (Å²) in [4.78, 5) is 25.5. The summed E-state index contributed by atoms with van der Waals surface area (Å²) in [5, 5.41) is 57.1. The summed E-state index contributed by atoms with van der Waals surface area (Å²) in [6, 6.07) is 33.0. The Morgan fingerprint density at radius 1 is 0.287 bits per heavy atom. The van der Waals surface area contributed by atoms with Crippen molar-refractivity contribution in [2.75, 3.05) is 0 Å². The van der Waals surface area contributed by atoms with Crippen molar-refractivity contribution < 1.29 is 0 Å². The molecule has 0 saturated carbocycles. The van der Waals surface area contributed by atoms with E-state index in [2.05, 4.69) is 114 Å². The maximum Gasteiger partial charge on any atom is 0.201 e. The van der Waals surface area contributed by atoms with Crippen LogP contribution in [0.3, 0.4) is 0 Å². The maximum atomic E-state index is 4.14. The van der Waals surface area contributed by atoms with Gasteiger partial charge in [0.25, 0.3) is 0 Å². The molecule has 0 bridgehead atoms. The molecule has 0 saturated heterocycles. The Hall–Kier alpha value is -11.3. The van der Waals surface area contributed by atoms with Crippen LogP contribution in [0.15, 0.2) is 171 Å². The van der Waals surface area contributed by atoms with Gasteiger partial charge >= 0.3 is 0 Å². The van der Waals surface area contributed by atoms with Crippen LogP contribution in [0.5, 0.6) is 0 Å². The highest BCUT2D eigenvalue weighted by atomic mass is 15.5. The Balaban J connectivity index is 0.000000111. The Morgan fingerprint density at radius 3 is 1.48 bits per heavy atom. The molecule has 0 atom stereocenters. The number of hydrogen-bond acceptors (Lipinski definition) is 20. The van der Waals surface area contributed by atoms with Crippen LogP contribution in [0, 0.1) is 0 Å². The fourth-order valence-corrected chi connectivity index (χ4v) is 7.47. The van der Waals surface area contributed by atoms with Crippen molar-refractivity contribution >= 4 is 88.4 Å². The van der Waals surface area contributed by atoms with E-state index in [1.54, 1.807) is 90.9 Å². The molecule has 0 radical (unpaired) electrons. The molecule has 0 N–H and O–H groups in total. The van der Waals surface area contributed by atoms with Crippen molar-refractivity contribution in [3.8, 4) is 0 Å². The molecule has 16 aromatic rings. The Morgan fingerprint density at radius 2 is 0.775 bits per heavy atom. The number of rotatable bonds is 0. The number of fused-ring (bicyclic) bond motifs is 8. The molecule has 0 amide bonds. The molecule has 2 aromatic carbocycles. The van der Waals surface area contributed by atoms with Crippen LogP contribution < -0.4 is 0 Å². The molecule has 80 heavy (non-hydrogen) atoms. The molecule has 400 valence electrons. The van der Waals surface area contributed by atoms with E-state index in [0.29, 0.717) is 5.65 Å². The van der Waals surface area contributed by atoms with Crippen LogP contribution in [0.1, 0.15) is 0 Å². The van der Waals surface area contributed by atoms with E-state index in [-0.39, 0.29) is 0 Å². The molecule has 0 aliphatic carbocycles. The van der Waals surface area contributed by atoms with Gasteiger partial charge in [0.2, 0.25) is 5.65 Å². The number of para-hydroxylation sites is 2. The molecule has 0 fully saturated rings. The molecule has 14 heterocycles. The zero-order chi connectivity index (χ0) is 55.8. The minimum Gasteiger partial charge on any atom is -0.268 e. The van der Waals surface area contributed by atoms with Gasteiger partial charge in [0.15, 0.2) is 11.3 Å². The van der Waals surface area contributed by atoms with Crippen molar-refractivity contribution in [1.29, 1.82) is 0 Å². The highest BCUT2D eigenvalue weighted by molar-refractivity contribution is 5.78. The van der Waals surface area contributed by atoms with E-state index in [0.717, 1.165) is 71.8 Å².